The predicted octanol–water partition coefficient (Wildman–Crippen LogP) is 3.23. The first-order chi connectivity index (χ1) is 8.59. The molecule has 1 rings (SSSR count). The molecule has 1 saturated heterocycles. The van der Waals surface area contributed by atoms with Gasteiger partial charge in [-0.15, -0.1) is 0 Å². The summed E-state index contributed by atoms with van der Waals surface area (Å²) in [7, 11) is 0. The highest BCUT2D eigenvalue weighted by Crippen LogP contribution is 2.27. The van der Waals surface area contributed by atoms with E-state index in [1.165, 1.54) is 51.2 Å². The molecule has 0 radical (unpaired) electrons. The van der Waals surface area contributed by atoms with Crippen LogP contribution < -0.4 is 5.32 Å². The van der Waals surface area contributed by atoms with Gasteiger partial charge in [0, 0.05) is 37.2 Å². The third-order valence-electron chi connectivity index (χ3n) is 3.76. The van der Waals surface area contributed by atoms with Crippen LogP contribution in [0.4, 0.5) is 0 Å². The molecule has 1 aliphatic heterocycles. The maximum absolute atomic E-state index is 3.63. The van der Waals surface area contributed by atoms with Gasteiger partial charge in [-0.3, -0.25) is 0 Å². The average Bonchev–Trinajstić information content (AvgIpc) is 2.29. The Morgan fingerprint density at radius 1 is 1.33 bits per heavy atom. The maximum Gasteiger partial charge on any atom is 0.0147 e. The van der Waals surface area contributed by atoms with E-state index < -0.39 is 0 Å². The fourth-order valence-corrected chi connectivity index (χ4v) is 4.05. The van der Waals surface area contributed by atoms with Crippen LogP contribution in [0.2, 0.25) is 0 Å². The van der Waals surface area contributed by atoms with Crippen molar-refractivity contribution in [2.75, 3.05) is 38.5 Å². The second kappa shape index (κ2) is 8.44. The molecule has 0 aromatic heterocycles. The number of thioether (sulfide) groups is 1. The van der Waals surface area contributed by atoms with E-state index in [0.29, 0.717) is 5.41 Å². The van der Waals surface area contributed by atoms with Gasteiger partial charge >= 0.3 is 0 Å². The summed E-state index contributed by atoms with van der Waals surface area (Å²) in [6.45, 7) is 15.5. The monoisotopic (exact) mass is 272 g/mol. The summed E-state index contributed by atoms with van der Waals surface area (Å²) in [6.07, 6.45) is 3.86. The van der Waals surface area contributed by atoms with Gasteiger partial charge in [0.1, 0.15) is 0 Å². The Labute approximate surface area is 118 Å². The van der Waals surface area contributed by atoms with Crippen LogP contribution in [0.5, 0.6) is 0 Å². The smallest absolute Gasteiger partial charge is 0.0147 e. The first kappa shape index (κ1) is 16.3. The number of hydrogen-bond donors (Lipinski definition) is 1. The third-order valence-corrected chi connectivity index (χ3v) is 4.90. The van der Waals surface area contributed by atoms with Crippen LogP contribution in [0, 0.1) is 5.41 Å². The van der Waals surface area contributed by atoms with Crippen LogP contribution in [0.15, 0.2) is 0 Å². The van der Waals surface area contributed by atoms with Crippen molar-refractivity contribution in [3.05, 3.63) is 0 Å². The lowest BCUT2D eigenvalue weighted by molar-refractivity contribution is 0.154. The first-order valence-electron chi connectivity index (χ1n) is 7.64. The molecule has 0 aromatic rings. The minimum Gasteiger partial charge on any atom is -0.316 e. The summed E-state index contributed by atoms with van der Waals surface area (Å²) in [5, 5.41) is 4.44. The molecule has 2 atom stereocenters. The Hall–Kier alpha value is 0.270. The summed E-state index contributed by atoms with van der Waals surface area (Å²) in [6, 6.07) is 0. The molecule has 1 aliphatic rings. The number of nitrogens with one attached hydrogen (secondary N) is 1. The van der Waals surface area contributed by atoms with E-state index in [-0.39, 0.29) is 0 Å². The molecule has 2 nitrogen and oxygen atoms in total. The minimum atomic E-state index is 0.450. The highest BCUT2D eigenvalue weighted by molar-refractivity contribution is 7.99. The van der Waals surface area contributed by atoms with E-state index in [2.05, 4.69) is 49.7 Å². The second-order valence-electron chi connectivity index (χ2n) is 6.15. The van der Waals surface area contributed by atoms with Crippen molar-refractivity contribution in [3.8, 4) is 0 Å². The normalized spacial score (nSPS) is 25.0. The third kappa shape index (κ3) is 5.94. The van der Waals surface area contributed by atoms with Crippen molar-refractivity contribution in [2.45, 2.75) is 52.2 Å². The van der Waals surface area contributed by atoms with E-state index >= 15 is 0 Å². The quantitative estimate of drug-likeness (QED) is 0.683. The van der Waals surface area contributed by atoms with Gasteiger partial charge in [0.25, 0.3) is 0 Å². The number of rotatable bonds is 8. The van der Waals surface area contributed by atoms with E-state index in [1.807, 2.05) is 0 Å². The van der Waals surface area contributed by atoms with Gasteiger partial charge in [-0.1, -0.05) is 34.1 Å². The Bertz CT molecular complexity index is 223. The zero-order valence-electron chi connectivity index (χ0n) is 12.8. The lowest BCUT2D eigenvalue weighted by Gasteiger charge is -2.39. The summed E-state index contributed by atoms with van der Waals surface area (Å²) in [5.41, 5.74) is 0.450. The standard InChI is InChI=1S/C15H32N2S/c1-5-7-15(4,12-16-8-6-2)13-17-9-10-18-14(3)11-17/h14,16H,5-13H2,1-4H3. The summed E-state index contributed by atoms with van der Waals surface area (Å²) < 4.78 is 0. The maximum atomic E-state index is 3.63. The molecule has 1 heterocycles. The highest BCUT2D eigenvalue weighted by atomic mass is 32.2. The molecule has 3 heteroatoms. The van der Waals surface area contributed by atoms with Gasteiger partial charge in [0.05, 0.1) is 0 Å². The Kier molecular flexibility index (Phi) is 7.66. The van der Waals surface area contributed by atoms with Crippen molar-refractivity contribution < 1.29 is 0 Å². The lowest BCUT2D eigenvalue weighted by atomic mass is 9.84. The summed E-state index contributed by atoms with van der Waals surface area (Å²) >= 11 is 2.13. The first-order valence-corrected chi connectivity index (χ1v) is 8.69. The zero-order valence-corrected chi connectivity index (χ0v) is 13.6. The van der Waals surface area contributed by atoms with E-state index in [1.54, 1.807) is 0 Å². The topological polar surface area (TPSA) is 15.3 Å². The van der Waals surface area contributed by atoms with Crippen molar-refractivity contribution >= 4 is 11.8 Å². The van der Waals surface area contributed by atoms with Crippen molar-refractivity contribution in [2.24, 2.45) is 5.41 Å². The van der Waals surface area contributed by atoms with E-state index in [4.69, 9.17) is 0 Å². The van der Waals surface area contributed by atoms with Crippen LogP contribution >= 0.6 is 11.8 Å². The molecule has 0 spiro atoms. The molecule has 108 valence electrons. The van der Waals surface area contributed by atoms with E-state index in [9.17, 15) is 0 Å². The SMILES string of the molecule is CCCNCC(C)(CCC)CN1CCSC(C)C1. The van der Waals surface area contributed by atoms with Crippen LogP contribution in [0.3, 0.4) is 0 Å². The van der Waals surface area contributed by atoms with Crippen molar-refractivity contribution in [1.29, 1.82) is 0 Å². The van der Waals surface area contributed by atoms with Crippen LogP contribution in [-0.4, -0.2) is 48.6 Å². The molecule has 0 aliphatic carbocycles. The van der Waals surface area contributed by atoms with Gasteiger partial charge in [-0.05, 0) is 24.8 Å². The van der Waals surface area contributed by atoms with Gasteiger partial charge in [-0.25, -0.2) is 0 Å². The Morgan fingerprint density at radius 3 is 2.72 bits per heavy atom. The molecular formula is C15H32N2S. The minimum absolute atomic E-state index is 0.450. The second-order valence-corrected chi connectivity index (χ2v) is 7.70. The summed E-state index contributed by atoms with van der Waals surface area (Å²) in [5.74, 6) is 1.31. The molecule has 18 heavy (non-hydrogen) atoms. The number of nitrogens with zero attached hydrogens (tertiary/aromatic N) is 1. The molecular weight excluding hydrogens is 240 g/mol. The zero-order chi connectivity index (χ0) is 13.4. The highest BCUT2D eigenvalue weighted by Gasteiger charge is 2.28. The average molecular weight is 273 g/mol. The lowest BCUT2D eigenvalue weighted by Crippen LogP contribution is -2.46. The molecule has 2 unspecified atom stereocenters. The van der Waals surface area contributed by atoms with Crippen LogP contribution in [-0.2, 0) is 0 Å². The number of hydrogen-bond acceptors (Lipinski definition) is 3. The van der Waals surface area contributed by atoms with Gasteiger partial charge in [-0.2, -0.15) is 11.8 Å². The van der Waals surface area contributed by atoms with Crippen molar-refractivity contribution in [1.82, 2.24) is 10.2 Å². The largest absolute Gasteiger partial charge is 0.316 e. The summed E-state index contributed by atoms with van der Waals surface area (Å²) in [4.78, 5) is 2.68. The van der Waals surface area contributed by atoms with Crippen LogP contribution in [0.1, 0.15) is 47.0 Å². The van der Waals surface area contributed by atoms with Gasteiger partial charge in [0.2, 0.25) is 0 Å². The predicted molar refractivity (Wildman–Crippen MR) is 84.5 cm³/mol. The molecule has 0 aromatic carbocycles. The molecule has 0 saturated carbocycles. The van der Waals surface area contributed by atoms with Crippen LogP contribution in [0.25, 0.3) is 0 Å². The molecule has 0 amide bonds. The van der Waals surface area contributed by atoms with Crippen molar-refractivity contribution in [3.63, 3.8) is 0 Å². The Balaban J connectivity index is 2.43. The fraction of sp³-hybridized carbons (Fsp3) is 1.00. The molecule has 1 fully saturated rings. The Morgan fingerprint density at radius 2 is 2.11 bits per heavy atom. The molecule has 0 bridgehead atoms. The molecule has 1 N–H and O–H groups in total. The fourth-order valence-electron chi connectivity index (χ4n) is 2.97. The van der Waals surface area contributed by atoms with E-state index in [0.717, 1.165) is 11.8 Å². The van der Waals surface area contributed by atoms with Gasteiger partial charge < -0.3 is 10.2 Å². The van der Waals surface area contributed by atoms with Gasteiger partial charge in [0.15, 0.2) is 0 Å².